The van der Waals surface area contributed by atoms with Gasteiger partial charge < -0.3 is 5.32 Å². The van der Waals surface area contributed by atoms with E-state index in [-0.39, 0.29) is 11.4 Å². The molecule has 184 valence electrons. The Labute approximate surface area is 203 Å². The van der Waals surface area contributed by atoms with Crippen molar-refractivity contribution in [1.82, 2.24) is 14.1 Å². The summed E-state index contributed by atoms with van der Waals surface area (Å²) in [4.78, 5) is 51.2. The molecule has 4 rings (SSSR count). The summed E-state index contributed by atoms with van der Waals surface area (Å²) in [7, 11) is -3.62. The largest absolute Gasteiger partial charge is 0.335 e. The average molecular weight is 499 g/mol. The molecule has 0 bridgehead atoms. The Kier molecular flexibility index (Phi) is 7.27. The standard InChI is InChI=1S/C24H26N4O6S/c29-21(17-28-23(31)22(30)27(24(28)32)16-18-8-4-3-5-9-18)25-19-10-12-20(13-11-19)35(33,34)26-14-6-1-2-7-15-26/h3-5,8-13H,1-2,6-7,14-17H2,(H,25,29). The Hall–Kier alpha value is -3.57. The van der Waals surface area contributed by atoms with Gasteiger partial charge in [-0.3, -0.25) is 19.3 Å². The average Bonchev–Trinajstić information content (AvgIpc) is 3.07. The Morgan fingerprint density at radius 2 is 1.40 bits per heavy atom. The quantitative estimate of drug-likeness (QED) is 0.461. The smallest absolute Gasteiger partial charge is 0.325 e. The van der Waals surface area contributed by atoms with Crippen LogP contribution in [0, 0.1) is 0 Å². The number of hydrogen-bond acceptors (Lipinski definition) is 6. The summed E-state index contributed by atoms with van der Waals surface area (Å²) in [5, 5.41) is 2.53. The van der Waals surface area contributed by atoms with Crippen molar-refractivity contribution in [3.05, 3.63) is 60.2 Å². The van der Waals surface area contributed by atoms with Crippen LogP contribution in [0.4, 0.5) is 10.5 Å². The number of hydrogen-bond donors (Lipinski definition) is 1. The number of anilines is 1. The summed E-state index contributed by atoms with van der Waals surface area (Å²) in [5.41, 5.74) is 0.972. The molecule has 0 aliphatic carbocycles. The van der Waals surface area contributed by atoms with Crippen LogP contribution < -0.4 is 5.32 Å². The second kappa shape index (κ2) is 10.4. The molecule has 2 aliphatic rings. The lowest BCUT2D eigenvalue weighted by Crippen LogP contribution is -2.38. The van der Waals surface area contributed by atoms with Crippen molar-refractivity contribution in [1.29, 1.82) is 0 Å². The highest BCUT2D eigenvalue weighted by Crippen LogP contribution is 2.22. The van der Waals surface area contributed by atoms with Crippen LogP contribution in [0.15, 0.2) is 59.5 Å². The molecule has 0 unspecified atom stereocenters. The number of imide groups is 2. The fraction of sp³-hybridized carbons (Fsp3) is 0.333. The first-order chi connectivity index (χ1) is 16.8. The molecule has 2 aromatic carbocycles. The summed E-state index contributed by atoms with van der Waals surface area (Å²) in [6, 6.07) is 13.6. The number of urea groups is 1. The maximum Gasteiger partial charge on any atom is 0.335 e. The normalized spacial score (nSPS) is 17.5. The minimum Gasteiger partial charge on any atom is -0.325 e. The van der Waals surface area contributed by atoms with Gasteiger partial charge in [0.05, 0.1) is 11.4 Å². The zero-order valence-corrected chi connectivity index (χ0v) is 19.9. The minimum absolute atomic E-state index is 0.0741. The van der Waals surface area contributed by atoms with Crippen LogP contribution in [0.2, 0.25) is 0 Å². The highest BCUT2D eigenvalue weighted by Gasteiger charge is 2.45. The van der Waals surface area contributed by atoms with E-state index in [0.29, 0.717) is 29.2 Å². The Balaban J connectivity index is 1.38. The van der Waals surface area contributed by atoms with E-state index >= 15 is 0 Å². The molecule has 0 radical (unpaired) electrons. The van der Waals surface area contributed by atoms with Gasteiger partial charge in [0.25, 0.3) is 0 Å². The molecule has 10 nitrogen and oxygen atoms in total. The molecule has 0 atom stereocenters. The van der Waals surface area contributed by atoms with Crippen molar-refractivity contribution in [2.45, 2.75) is 37.1 Å². The van der Waals surface area contributed by atoms with Crippen LogP contribution in [0.5, 0.6) is 0 Å². The van der Waals surface area contributed by atoms with E-state index in [1.54, 1.807) is 30.3 Å². The zero-order valence-electron chi connectivity index (χ0n) is 19.1. The minimum atomic E-state index is -3.62. The van der Waals surface area contributed by atoms with E-state index < -0.39 is 40.3 Å². The third kappa shape index (κ3) is 5.41. The first kappa shape index (κ1) is 24.6. The van der Waals surface area contributed by atoms with Gasteiger partial charge >= 0.3 is 17.8 Å². The molecule has 11 heteroatoms. The number of nitrogens with zero attached hydrogens (tertiary/aromatic N) is 3. The molecule has 1 N–H and O–H groups in total. The molecule has 35 heavy (non-hydrogen) atoms. The highest BCUT2D eigenvalue weighted by atomic mass is 32.2. The number of carbonyl (C=O) groups is 4. The highest BCUT2D eigenvalue weighted by molar-refractivity contribution is 7.89. The first-order valence-electron chi connectivity index (χ1n) is 11.4. The van der Waals surface area contributed by atoms with Crippen molar-refractivity contribution in [3.63, 3.8) is 0 Å². The van der Waals surface area contributed by atoms with Gasteiger partial charge in [0.1, 0.15) is 6.54 Å². The lowest BCUT2D eigenvalue weighted by molar-refractivity contribution is -0.143. The van der Waals surface area contributed by atoms with Crippen molar-refractivity contribution < 1.29 is 27.6 Å². The molecular weight excluding hydrogens is 472 g/mol. The summed E-state index contributed by atoms with van der Waals surface area (Å²) < 4.78 is 27.3. The molecule has 2 fully saturated rings. The molecule has 2 heterocycles. The molecule has 0 aromatic heterocycles. The number of carbonyl (C=O) groups excluding carboxylic acids is 4. The van der Waals surface area contributed by atoms with Crippen LogP contribution in [0.1, 0.15) is 31.2 Å². The van der Waals surface area contributed by atoms with Crippen molar-refractivity contribution in [2.75, 3.05) is 25.0 Å². The van der Waals surface area contributed by atoms with E-state index in [9.17, 15) is 27.6 Å². The van der Waals surface area contributed by atoms with E-state index in [2.05, 4.69) is 5.32 Å². The second-order valence-corrected chi connectivity index (χ2v) is 10.4. The maximum atomic E-state index is 12.9. The predicted octanol–water partition coefficient (Wildman–Crippen LogP) is 2.18. The molecular formula is C24H26N4O6S. The van der Waals surface area contributed by atoms with Gasteiger partial charge in [-0.25, -0.2) is 18.1 Å². The summed E-state index contributed by atoms with van der Waals surface area (Å²) in [5.74, 6) is -2.75. The fourth-order valence-electron chi connectivity index (χ4n) is 4.08. The lowest BCUT2D eigenvalue weighted by atomic mass is 10.2. The molecule has 2 aliphatic heterocycles. The van der Waals surface area contributed by atoms with Crippen molar-refractivity contribution in [2.24, 2.45) is 0 Å². The van der Waals surface area contributed by atoms with Gasteiger partial charge in [0, 0.05) is 18.8 Å². The van der Waals surface area contributed by atoms with Gasteiger partial charge in [0.2, 0.25) is 15.9 Å². The predicted molar refractivity (Wildman–Crippen MR) is 126 cm³/mol. The number of rotatable bonds is 7. The van der Waals surface area contributed by atoms with Gasteiger partial charge in [0.15, 0.2) is 0 Å². The molecule has 5 amide bonds. The van der Waals surface area contributed by atoms with E-state index in [1.165, 1.54) is 28.6 Å². The number of sulfonamides is 1. The number of nitrogens with one attached hydrogen (secondary N) is 1. The van der Waals surface area contributed by atoms with Crippen molar-refractivity contribution in [3.8, 4) is 0 Å². The van der Waals surface area contributed by atoms with Crippen LogP contribution in [-0.2, 0) is 31.0 Å². The Bertz CT molecular complexity index is 1220. The van der Waals surface area contributed by atoms with E-state index in [4.69, 9.17) is 0 Å². The molecule has 0 spiro atoms. The zero-order chi connectivity index (χ0) is 25.0. The summed E-state index contributed by atoms with van der Waals surface area (Å²) >= 11 is 0. The third-order valence-electron chi connectivity index (χ3n) is 5.96. The summed E-state index contributed by atoms with van der Waals surface area (Å²) in [6.07, 6.45) is 3.67. The van der Waals surface area contributed by atoms with Crippen molar-refractivity contribution >= 4 is 39.5 Å². The second-order valence-electron chi connectivity index (χ2n) is 8.44. The fourth-order valence-corrected chi connectivity index (χ4v) is 5.60. The molecule has 0 saturated carbocycles. The van der Waals surface area contributed by atoms with Crippen LogP contribution in [0.3, 0.4) is 0 Å². The van der Waals surface area contributed by atoms with Gasteiger partial charge in [-0.1, -0.05) is 43.2 Å². The van der Waals surface area contributed by atoms with Gasteiger partial charge in [-0.15, -0.1) is 0 Å². The van der Waals surface area contributed by atoms with Crippen LogP contribution >= 0.6 is 0 Å². The SMILES string of the molecule is O=C(CN1C(=O)C(=O)N(Cc2ccccc2)C1=O)Nc1ccc(S(=O)(=O)N2CCCCCC2)cc1. The third-order valence-corrected chi connectivity index (χ3v) is 7.87. The van der Waals surface area contributed by atoms with E-state index in [0.717, 1.165) is 30.6 Å². The molecule has 2 aromatic rings. The summed E-state index contributed by atoms with van der Waals surface area (Å²) in [6.45, 7) is 0.259. The first-order valence-corrected chi connectivity index (χ1v) is 12.8. The van der Waals surface area contributed by atoms with E-state index in [1.807, 2.05) is 0 Å². The number of benzene rings is 2. The molecule has 2 saturated heterocycles. The monoisotopic (exact) mass is 498 g/mol. The van der Waals surface area contributed by atoms with Gasteiger partial charge in [-0.05, 0) is 42.7 Å². The van der Waals surface area contributed by atoms with Crippen LogP contribution in [0.25, 0.3) is 0 Å². The number of amides is 5. The Morgan fingerprint density at radius 1 is 0.800 bits per heavy atom. The Morgan fingerprint density at radius 3 is 2.03 bits per heavy atom. The lowest BCUT2D eigenvalue weighted by Gasteiger charge is -2.20. The maximum absolute atomic E-state index is 12.9. The van der Waals surface area contributed by atoms with Crippen LogP contribution in [-0.4, -0.2) is 65.9 Å². The topological polar surface area (TPSA) is 124 Å². The van der Waals surface area contributed by atoms with Gasteiger partial charge in [-0.2, -0.15) is 4.31 Å².